The zero-order valence-electron chi connectivity index (χ0n) is 9.84. The van der Waals surface area contributed by atoms with Crippen LogP contribution in [0.5, 0.6) is 0 Å². The molecule has 17 heavy (non-hydrogen) atoms. The van der Waals surface area contributed by atoms with Gasteiger partial charge in [-0.3, -0.25) is 9.59 Å². The number of nitrogens with one attached hydrogen (secondary N) is 1. The minimum Gasteiger partial charge on any atom is -0.368 e. The van der Waals surface area contributed by atoms with Crippen molar-refractivity contribution in [3.63, 3.8) is 0 Å². The minimum atomic E-state index is -0.738. The number of methoxy groups -OCH3 is 1. The Morgan fingerprint density at radius 1 is 1.29 bits per heavy atom. The number of nitrogens with two attached hydrogens (primary N) is 1. The van der Waals surface area contributed by atoms with E-state index < -0.39 is 18.1 Å². The van der Waals surface area contributed by atoms with Crippen LogP contribution in [0.3, 0.4) is 0 Å². The molecule has 0 heterocycles. The number of carbonyl (C=O) groups excluding carboxylic acids is 2. The van der Waals surface area contributed by atoms with Gasteiger partial charge in [-0.1, -0.05) is 30.3 Å². The summed E-state index contributed by atoms with van der Waals surface area (Å²) in [5.41, 5.74) is 5.80. The molecule has 0 aliphatic carbocycles. The first-order valence-electron chi connectivity index (χ1n) is 5.23. The molecule has 2 amide bonds. The van der Waals surface area contributed by atoms with Crippen molar-refractivity contribution in [2.75, 3.05) is 7.11 Å². The van der Waals surface area contributed by atoms with E-state index in [-0.39, 0.29) is 5.91 Å². The van der Waals surface area contributed by atoms with Gasteiger partial charge in [0.15, 0.2) is 6.10 Å². The van der Waals surface area contributed by atoms with Crippen molar-refractivity contribution in [3.8, 4) is 0 Å². The normalized spacial score (nSPS) is 13.8. The SMILES string of the molecule is CO[C@@H](C(=O)N[C@@H](C)C(N)=O)c1ccccc1. The fraction of sp³-hybridized carbons (Fsp3) is 0.333. The van der Waals surface area contributed by atoms with E-state index in [2.05, 4.69) is 5.32 Å². The van der Waals surface area contributed by atoms with Crippen molar-refractivity contribution in [3.05, 3.63) is 35.9 Å². The van der Waals surface area contributed by atoms with Gasteiger partial charge >= 0.3 is 0 Å². The van der Waals surface area contributed by atoms with E-state index in [9.17, 15) is 9.59 Å². The number of ether oxygens (including phenoxy) is 1. The van der Waals surface area contributed by atoms with Crippen LogP contribution >= 0.6 is 0 Å². The third-order valence-corrected chi connectivity index (χ3v) is 2.36. The molecule has 0 saturated carbocycles. The van der Waals surface area contributed by atoms with Crippen molar-refractivity contribution in [2.24, 2.45) is 5.73 Å². The van der Waals surface area contributed by atoms with E-state index in [0.29, 0.717) is 0 Å². The number of primary amides is 1. The lowest BCUT2D eigenvalue weighted by Gasteiger charge is -2.17. The maximum absolute atomic E-state index is 11.8. The first kappa shape index (κ1) is 13.2. The summed E-state index contributed by atoms with van der Waals surface area (Å²) in [6.07, 6.45) is -0.738. The standard InChI is InChI=1S/C12H16N2O3/c1-8(11(13)15)14-12(16)10(17-2)9-6-4-3-5-7-9/h3-8,10H,1-2H3,(H2,13,15)(H,14,16)/t8-,10+/m0/s1. The monoisotopic (exact) mass is 236 g/mol. The number of hydrogen-bond donors (Lipinski definition) is 2. The van der Waals surface area contributed by atoms with E-state index in [4.69, 9.17) is 10.5 Å². The van der Waals surface area contributed by atoms with Crippen LogP contribution in [0.25, 0.3) is 0 Å². The van der Waals surface area contributed by atoms with Gasteiger partial charge < -0.3 is 15.8 Å². The van der Waals surface area contributed by atoms with Gasteiger partial charge in [-0.2, -0.15) is 0 Å². The highest BCUT2D eigenvalue weighted by molar-refractivity contribution is 5.88. The second-order valence-electron chi connectivity index (χ2n) is 3.66. The summed E-state index contributed by atoms with van der Waals surface area (Å²) in [7, 11) is 1.44. The Labute approximate surface area is 99.9 Å². The van der Waals surface area contributed by atoms with E-state index in [0.717, 1.165) is 5.56 Å². The first-order valence-corrected chi connectivity index (χ1v) is 5.23. The van der Waals surface area contributed by atoms with E-state index >= 15 is 0 Å². The quantitative estimate of drug-likeness (QED) is 0.774. The van der Waals surface area contributed by atoms with Gasteiger partial charge in [0.2, 0.25) is 5.91 Å². The van der Waals surface area contributed by atoms with Crippen LogP contribution in [0.15, 0.2) is 30.3 Å². The fourth-order valence-corrected chi connectivity index (χ4v) is 1.38. The molecule has 0 radical (unpaired) electrons. The number of amides is 2. The lowest BCUT2D eigenvalue weighted by atomic mass is 10.1. The number of rotatable bonds is 5. The highest BCUT2D eigenvalue weighted by atomic mass is 16.5. The Kier molecular flexibility index (Phi) is 4.66. The Morgan fingerprint density at radius 2 is 1.88 bits per heavy atom. The van der Waals surface area contributed by atoms with E-state index in [1.54, 1.807) is 12.1 Å². The van der Waals surface area contributed by atoms with Crippen LogP contribution in [-0.2, 0) is 14.3 Å². The maximum Gasteiger partial charge on any atom is 0.254 e. The molecular weight excluding hydrogens is 220 g/mol. The molecular formula is C12H16N2O3. The van der Waals surface area contributed by atoms with Gasteiger partial charge in [0.25, 0.3) is 5.91 Å². The lowest BCUT2D eigenvalue weighted by molar-refractivity contribution is -0.134. The van der Waals surface area contributed by atoms with Crippen LogP contribution in [0.4, 0.5) is 0 Å². The summed E-state index contributed by atoms with van der Waals surface area (Å²) in [6, 6.07) is 8.31. The zero-order chi connectivity index (χ0) is 12.8. The molecule has 0 unspecified atom stereocenters. The molecule has 92 valence electrons. The average Bonchev–Trinajstić information content (AvgIpc) is 2.31. The average molecular weight is 236 g/mol. The molecule has 0 saturated heterocycles. The molecule has 0 aliphatic heterocycles. The summed E-state index contributed by atoms with van der Waals surface area (Å²) < 4.78 is 5.11. The van der Waals surface area contributed by atoms with Crippen LogP contribution in [-0.4, -0.2) is 25.0 Å². The molecule has 1 aromatic carbocycles. The van der Waals surface area contributed by atoms with Crippen molar-refractivity contribution in [2.45, 2.75) is 19.1 Å². The highest BCUT2D eigenvalue weighted by Gasteiger charge is 2.22. The number of benzene rings is 1. The van der Waals surface area contributed by atoms with E-state index in [1.807, 2.05) is 18.2 Å². The molecule has 1 rings (SSSR count). The second kappa shape index (κ2) is 6.00. The number of carbonyl (C=O) groups is 2. The van der Waals surface area contributed by atoms with Gasteiger partial charge in [0.1, 0.15) is 6.04 Å². The van der Waals surface area contributed by atoms with Crippen molar-refractivity contribution < 1.29 is 14.3 Å². The first-order chi connectivity index (χ1) is 8.06. The Hall–Kier alpha value is -1.88. The molecule has 1 aromatic rings. The van der Waals surface area contributed by atoms with Crippen LogP contribution in [0, 0.1) is 0 Å². The molecule has 2 atom stereocenters. The van der Waals surface area contributed by atoms with Gasteiger partial charge in [-0.05, 0) is 12.5 Å². The van der Waals surface area contributed by atoms with Crippen LogP contribution in [0.1, 0.15) is 18.6 Å². The molecule has 0 aliphatic rings. The fourth-order valence-electron chi connectivity index (χ4n) is 1.38. The smallest absolute Gasteiger partial charge is 0.254 e. The summed E-state index contributed by atoms with van der Waals surface area (Å²) >= 11 is 0. The molecule has 0 fully saturated rings. The van der Waals surface area contributed by atoms with Crippen molar-refractivity contribution >= 4 is 11.8 Å². The van der Waals surface area contributed by atoms with Crippen LogP contribution < -0.4 is 11.1 Å². The van der Waals surface area contributed by atoms with Gasteiger partial charge in [-0.15, -0.1) is 0 Å². The summed E-state index contributed by atoms with van der Waals surface area (Å²) in [5.74, 6) is -0.966. The summed E-state index contributed by atoms with van der Waals surface area (Å²) in [4.78, 5) is 22.7. The molecule has 3 N–H and O–H groups in total. The predicted octanol–water partition coefficient (Wildman–Crippen LogP) is 0.364. The van der Waals surface area contributed by atoms with Crippen LogP contribution in [0.2, 0.25) is 0 Å². The number of hydrogen-bond acceptors (Lipinski definition) is 3. The highest BCUT2D eigenvalue weighted by Crippen LogP contribution is 2.16. The van der Waals surface area contributed by atoms with Crippen molar-refractivity contribution in [1.82, 2.24) is 5.32 Å². The largest absolute Gasteiger partial charge is 0.368 e. The Morgan fingerprint density at radius 3 is 2.35 bits per heavy atom. The van der Waals surface area contributed by atoms with Crippen molar-refractivity contribution in [1.29, 1.82) is 0 Å². The predicted molar refractivity (Wildman–Crippen MR) is 63.0 cm³/mol. The molecule has 5 nitrogen and oxygen atoms in total. The third-order valence-electron chi connectivity index (χ3n) is 2.36. The van der Waals surface area contributed by atoms with Gasteiger partial charge in [0, 0.05) is 7.11 Å². The molecule has 0 aromatic heterocycles. The van der Waals surface area contributed by atoms with Gasteiger partial charge in [0.05, 0.1) is 0 Å². The Bertz CT molecular complexity index is 392. The zero-order valence-corrected chi connectivity index (χ0v) is 9.84. The van der Waals surface area contributed by atoms with Gasteiger partial charge in [-0.25, -0.2) is 0 Å². The Balaban J connectivity index is 2.75. The molecule has 0 bridgehead atoms. The molecule has 5 heteroatoms. The topological polar surface area (TPSA) is 81.4 Å². The molecule has 0 spiro atoms. The second-order valence-corrected chi connectivity index (χ2v) is 3.66. The minimum absolute atomic E-state index is 0.384. The summed E-state index contributed by atoms with van der Waals surface area (Å²) in [6.45, 7) is 1.53. The maximum atomic E-state index is 11.8. The van der Waals surface area contributed by atoms with E-state index in [1.165, 1.54) is 14.0 Å². The third kappa shape index (κ3) is 3.57. The summed E-state index contributed by atoms with van der Waals surface area (Å²) in [5, 5.41) is 2.49. The lowest BCUT2D eigenvalue weighted by Crippen LogP contribution is -2.44.